The molecule has 20 heavy (non-hydrogen) atoms. The lowest BCUT2D eigenvalue weighted by Gasteiger charge is -2.25. The van der Waals surface area contributed by atoms with Crippen molar-refractivity contribution in [2.45, 2.75) is 31.4 Å². The number of amides is 2. The van der Waals surface area contributed by atoms with E-state index in [4.69, 9.17) is 0 Å². The molecule has 0 aromatic carbocycles. The molecule has 0 spiro atoms. The molecule has 2 saturated heterocycles. The molecule has 2 heterocycles. The molecule has 1 N–H and O–H groups in total. The van der Waals surface area contributed by atoms with Crippen molar-refractivity contribution in [3.05, 3.63) is 0 Å². The SMILES string of the molecule is CC1(C)CCN(C(=O)C(=O)N2CCCNCC2)CCS1. The van der Waals surface area contributed by atoms with Gasteiger partial charge in [0.15, 0.2) is 0 Å². The first-order valence-electron chi connectivity index (χ1n) is 7.42. The standard InChI is InChI=1S/C14H25N3O2S/c1-14(2)4-8-17(10-11-20-14)13(19)12(18)16-7-3-5-15-6-9-16/h15H,3-11H2,1-2H3. The van der Waals surface area contributed by atoms with Crippen molar-refractivity contribution >= 4 is 23.6 Å². The summed E-state index contributed by atoms with van der Waals surface area (Å²) in [7, 11) is 0. The van der Waals surface area contributed by atoms with E-state index in [2.05, 4.69) is 19.2 Å². The number of nitrogens with one attached hydrogen (secondary N) is 1. The van der Waals surface area contributed by atoms with Crippen LogP contribution in [0.3, 0.4) is 0 Å². The van der Waals surface area contributed by atoms with Crippen molar-refractivity contribution in [2.24, 2.45) is 0 Å². The van der Waals surface area contributed by atoms with Crippen LogP contribution in [0.1, 0.15) is 26.7 Å². The molecular formula is C14H25N3O2S. The van der Waals surface area contributed by atoms with Crippen LogP contribution >= 0.6 is 11.8 Å². The van der Waals surface area contributed by atoms with Crippen molar-refractivity contribution in [3.63, 3.8) is 0 Å². The van der Waals surface area contributed by atoms with Gasteiger partial charge in [-0.3, -0.25) is 9.59 Å². The first kappa shape index (κ1) is 15.6. The monoisotopic (exact) mass is 299 g/mol. The highest BCUT2D eigenvalue weighted by Gasteiger charge is 2.31. The van der Waals surface area contributed by atoms with E-state index >= 15 is 0 Å². The number of hydrogen-bond donors (Lipinski definition) is 1. The molecule has 0 saturated carbocycles. The molecule has 6 heteroatoms. The fourth-order valence-electron chi connectivity index (χ4n) is 2.54. The summed E-state index contributed by atoms with van der Waals surface area (Å²) < 4.78 is 0.199. The van der Waals surface area contributed by atoms with Crippen LogP contribution in [0.25, 0.3) is 0 Å². The zero-order valence-corrected chi connectivity index (χ0v) is 13.3. The molecule has 0 unspecified atom stereocenters. The molecule has 0 aromatic rings. The number of carbonyl (C=O) groups excluding carboxylic acids is 2. The second-order valence-corrected chi connectivity index (χ2v) is 7.85. The molecule has 2 fully saturated rings. The maximum atomic E-state index is 12.4. The minimum absolute atomic E-state index is 0.199. The van der Waals surface area contributed by atoms with Crippen LogP contribution in [0.5, 0.6) is 0 Å². The van der Waals surface area contributed by atoms with Gasteiger partial charge in [0.05, 0.1) is 0 Å². The Kier molecular flexibility index (Phi) is 5.32. The molecular weight excluding hydrogens is 274 g/mol. The Balaban J connectivity index is 1.94. The molecule has 2 aliphatic heterocycles. The van der Waals surface area contributed by atoms with Gasteiger partial charge in [0.2, 0.25) is 0 Å². The summed E-state index contributed by atoms with van der Waals surface area (Å²) in [6, 6.07) is 0. The molecule has 0 bridgehead atoms. The van der Waals surface area contributed by atoms with Gasteiger partial charge < -0.3 is 15.1 Å². The average Bonchev–Trinajstić information content (AvgIpc) is 2.77. The number of hydrogen-bond acceptors (Lipinski definition) is 4. The van der Waals surface area contributed by atoms with Gasteiger partial charge in [-0.1, -0.05) is 13.8 Å². The number of rotatable bonds is 0. The second kappa shape index (κ2) is 6.80. The smallest absolute Gasteiger partial charge is 0.312 e. The van der Waals surface area contributed by atoms with Crippen LogP contribution in [0.15, 0.2) is 0 Å². The first-order valence-corrected chi connectivity index (χ1v) is 8.41. The lowest BCUT2D eigenvalue weighted by atomic mass is 10.1. The highest BCUT2D eigenvalue weighted by molar-refractivity contribution is 8.00. The Morgan fingerprint density at radius 3 is 2.45 bits per heavy atom. The third kappa shape index (κ3) is 4.12. The van der Waals surface area contributed by atoms with E-state index in [-0.39, 0.29) is 16.6 Å². The molecule has 114 valence electrons. The Labute approximate surface area is 125 Å². The number of carbonyl (C=O) groups is 2. The summed E-state index contributed by atoms with van der Waals surface area (Å²) in [5.74, 6) is 0.275. The summed E-state index contributed by atoms with van der Waals surface area (Å²) in [4.78, 5) is 28.1. The fourth-order valence-corrected chi connectivity index (χ4v) is 3.64. The lowest BCUT2D eigenvalue weighted by molar-refractivity contribution is -0.151. The van der Waals surface area contributed by atoms with Crippen molar-refractivity contribution in [3.8, 4) is 0 Å². The Morgan fingerprint density at radius 2 is 1.70 bits per heavy atom. The van der Waals surface area contributed by atoms with Crippen LogP contribution in [0.2, 0.25) is 0 Å². The highest BCUT2D eigenvalue weighted by Crippen LogP contribution is 2.30. The van der Waals surface area contributed by atoms with Gasteiger partial charge in [-0.2, -0.15) is 11.8 Å². The van der Waals surface area contributed by atoms with Crippen LogP contribution in [0.4, 0.5) is 0 Å². The maximum Gasteiger partial charge on any atom is 0.312 e. The average molecular weight is 299 g/mol. The summed E-state index contributed by atoms with van der Waals surface area (Å²) in [6.07, 6.45) is 1.86. The largest absolute Gasteiger partial charge is 0.334 e. The van der Waals surface area contributed by atoms with E-state index in [1.807, 2.05) is 11.8 Å². The molecule has 2 amide bonds. The van der Waals surface area contributed by atoms with E-state index in [1.54, 1.807) is 9.80 Å². The van der Waals surface area contributed by atoms with Gasteiger partial charge in [0.1, 0.15) is 0 Å². The number of nitrogens with zero attached hydrogens (tertiary/aromatic N) is 2. The molecule has 0 atom stereocenters. The predicted molar refractivity (Wildman–Crippen MR) is 81.8 cm³/mol. The molecule has 2 rings (SSSR count). The van der Waals surface area contributed by atoms with Crippen molar-refractivity contribution in [1.82, 2.24) is 15.1 Å². The molecule has 0 aromatic heterocycles. The zero-order chi connectivity index (χ0) is 14.6. The molecule has 2 aliphatic rings. The summed E-state index contributed by atoms with van der Waals surface area (Å²) in [5.41, 5.74) is 0. The van der Waals surface area contributed by atoms with Gasteiger partial charge in [-0.05, 0) is 19.4 Å². The van der Waals surface area contributed by atoms with E-state index < -0.39 is 0 Å². The van der Waals surface area contributed by atoms with Gasteiger partial charge in [0, 0.05) is 43.2 Å². The van der Waals surface area contributed by atoms with Crippen LogP contribution in [0, 0.1) is 0 Å². The predicted octanol–water partition coefficient (Wildman–Crippen LogP) is 0.552. The Bertz CT molecular complexity index is 365. The van der Waals surface area contributed by atoms with Gasteiger partial charge in [0.25, 0.3) is 0 Å². The highest BCUT2D eigenvalue weighted by atomic mass is 32.2. The van der Waals surface area contributed by atoms with Gasteiger partial charge >= 0.3 is 11.8 Å². The van der Waals surface area contributed by atoms with E-state index in [0.717, 1.165) is 31.7 Å². The second-order valence-electron chi connectivity index (χ2n) is 6.05. The Morgan fingerprint density at radius 1 is 1.00 bits per heavy atom. The zero-order valence-electron chi connectivity index (χ0n) is 12.5. The molecule has 0 radical (unpaired) electrons. The van der Waals surface area contributed by atoms with E-state index in [1.165, 1.54) is 0 Å². The third-order valence-electron chi connectivity index (χ3n) is 3.94. The van der Waals surface area contributed by atoms with Crippen molar-refractivity contribution in [2.75, 3.05) is 45.0 Å². The molecule has 5 nitrogen and oxygen atoms in total. The van der Waals surface area contributed by atoms with Crippen LogP contribution in [-0.2, 0) is 9.59 Å². The quantitative estimate of drug-likeness (QED) is 0.664. The van der Waals surface area contributed by atoms with Gasteiger partial charge in [-0.15, -0.1) is 0 Å². The van der Waals surface area contributed by atoms with E-state index in [9.17, 15) is 9.59 Å². The minimum Gasteiger partial charge on any atom is -0.334 e. The topological polar surface area (TPSA) is 52.7 Å². The third-order valence-corrected chi connectivity index (χ3v) is 5.31. The van der Waals surface area contributed by atoms with Crippen LogP contribution in [-0.4, -0.2) is 71.4 Å². The normalized spacial score (nSPS) is 23.9. The Hall–Kier alpha value is -0.750. The summed E-state index contributed by atoms with van der Waals surface area (Å²) in [5, 5.41) is 3.25. The van der Waals surface area contributed by atoms with Crippen molar-refractivity contribution < 1.29 is 9.59 Å². The summed E-state index contributed by atoms with van der Waals surface area (Å²) >= 11 is 1.88. The number of thioether (sulfide) groups is 1. The molecule has 0 aliphatic carbocycles. The van der Waals surface area contributed by atoms with Crippen molar-refractivity contribution in [1.29, 1.82) is 0 Å². The van der Waals surface area contributed by atoms with Crippen LogP contribution < -0.4 is 5.32 Å². The lowest BCUT2D eigenvalue weighted by Crippen LogP contribution is -2.47. The van der Waals surface area contributed by atoms with Gasteiger partial charge in [-0.25, -0.2) is 0 Å². The first-order chi connectivity index (χ1) is 9.49. The fraction of sp³-hybridized carbons (Fsp3) is 0.857. The summed E-state index contributed by atoms with van der Waals surface area (Å²) in [6.45, 7) is 8.81. The van der Waals surface area contributed by atoms with E-state index in [0.29, 0.717) is 26.2 Å². The minimum atomic E-state index is -0.321. The maximum absolute atomic E-state index is 12.4.